The number of rotatable bonds is 5. The number of allylic oxidation sites excluding steroid dienone is 2. The van der Waals surface area contributed by atoms with Crippen molar-refractivity contribution in [2.75, 3.05) is 13.1 Å². The number of phenolic OH excluding ortho intramolecular Hbond substituents is 1. The molecule has 0 aromatic heterocycles. The van der Waals surface area contributed by atoms with Crippen LogP contribution < -0.4 is 0 Å². The molecule has 5 rings (SSSR count). The molecule has 2 heterocycles. The maximum Gasteiger partial charge on any atom is 0.234 e. The maximum absolute atomic E-state index is 13.6. The van der Waals surface area contributed by atoms with Gasteiger partial charge in [0.1, 0.15) is 5.75 Å². The summed E-state index contributed by atoms with van der Waals surface area (Å²) in [4.78, 5) is 56.5. The smallest absolute Gasteiger partial charge is 0.234 e. The summed E-state index contributed by atoms with van der Waals surface area (Å²) in [5.41, 5.74) is 3.34. The van der Waals surface area contributed by atoms with E-state index < -0.39 is 17.8 Å². The minimum absolute atomic E-state index is 0.103. The molecular formula is C28H34N2O5. The molecule has 0 spiro atoms. The van der Waals surface area contributed by atoms with Gasteiger partial charge in [0.2, 0.25) is 23.6 Å². The van der Waals surface area contributed by atoms with Crippen molar-refractivity contribution in [1.82, 2.24) is 9.80 Å². The first-order valence-corrected chi connectivity index (χ1v) is 12.9. The van der Waals surface area contributed by atoms with Gasteiger partial charge in [0.15, 0.2) is 0 Å². The van der Waals surface area contributed by atoms with E-state index in [1.807, 2.05) is 39.8 Å². The number of aryl methyl sites for hydroxylation is 2. The van der Waals surface area contributed by atoms with Crippen molar-refractivity contribution in [1.29, 1.82) is 0 Å². The summed E-state index contributed by atoms with van der Waals surface area (Å²) >= 11 is 0. The minimum atomic E-state index is -0.518. The van der Waals surface area contributed by atoms with Crippen LogP contribution >= 0.6 is 0 Å². The van der Waals surface area contributed by atoms with Gasteiger partial charge in [0.25, 0.3) is 0 Å². The van der Waals surface area contributed by atoms with Gasteiger partial charge in [-0.05, 0) is 62.1 Å². The van der Waals surface area contributed by atoms with Crippen LogP contribution in [0.1, 0.15) is 62.1 Å². The molecule has 1 aromatic carbocycles. The Bertz CT molecular complexity index is 1130. The second-order valence-electron chi connectivity index (χ2n) is 10.7. The Balaban J connectivity index is 1.64. The predicted octanol–water partition coefficient (Wildman–Crippen LogP) is 3.47. The zero-order valence-corrected chi connectivity index (χ0v) is 20.9. The van der Waals surface area contributed by atoms with E-state index >= 15 is 0 Å². The molecular weight excluding hydrogens is 444 g/mol. The summed E-state index contributed by atoms with van der Waals surface area (Å²) in [6.45, 7) is 8.38. The first-order valence-electron chi connectivity index (χ1n) is 12.9. The molecule has 2 aliphatic carbocycles. The molecule has 1 saturated carbocycles. The normalized spacial score (nSPS) is 32.1. The number of fused-ring (bicyclic) bond motifs is 4. The summed E-state index contributed by atoms with van der Waals surface area (Å²) in [6, 6.07) is 3.81. The maximum atomic E-state index is 13.6. The molecule has 7 heteroatoms. The van der Waals surface area contributed by atoms with Gasteiger partial charge in [-0.25, -0.2) is 0 Å². The first-order chi connectivity index (χ1) is 16.7. The van der Waals surface area contributed by atoms with E-state index in [2.05, 4.69) is 6.08 Å². The fraction of sp³-hybridized carbons (Fsp3) is 0.571. The number of hydrogen-bond acceptors (Lipinski definition) is 5. The van der Waals surface area contributed by atoms with E-state index in [-0.39, 0.29) is 47.1 Å². The quantitative estimate of drug-likeness (QED) is 0.517. The molecule has 2 aliphatic heterocycles. The number of imide groups is 2. The van der Waals surface area contributed by atoms with Gasteiger partial charge in [0, 0.05) is 19.0 Å². The Morgan fingerprint density at radius 3 is 1.91 bits per heavy atom. The lowest BCUT2D eigenvalue weighted by atomic mass is 9.57. The lowest BCUT2D eigenvalue weighted by Crippen LogP contribution is -2.43. The molecule has 2 saturated heterocycles. The average molecular weight is 479 g/mol. The Labute approximate surface area is 206 Å². The third-order valence-corrected chi connectivity index (χ3v) is 8.60. The number of carbonyl (C=O) groups is 4. The number of phenols is 1. The standard InChI is InChI=1S/C28H34N2O5/c1-5-9-29-25(32)18-8-7-17-19(22(18)27(29)34)13-20-23(28(35)30(10-6-2)26(20)33)21(17)16-11-14(3)24(31)15(4)12-16/h7,11-12,18-23,31H,5-6,8-10,13H2,1-4H3/t18-,19+,20+,21-,22-,23+/m0/s1. The zero-order chi connectivity index (χ0) is 25.2. The minimum Gasteiger partial charge on any atom is -0.507 e. The van der Waals surface area contributed by atoms with Gasteiger partial charge < -0.3 is 5.11 Å². The van der Waals surface area contributed by atoms with Crippen molar-refractivity contribution in [2.24, 2.45) is 29.6 Å². The Hall–Kier alpha value is -2.96. The third-order valence-electron chi connectivity index (χ3n) is 8.60. The largest absolute Gasteiger partial charge is 0.507 e. The van der Waals surface area contributed by atoms with Gasteiger partial charge >= 0.3 is 0 Å². The van der Waals surface area contributed by atoms with Gasteiger partial charge in [-0.3, -0.25) is 29.0 Å². The molecule has 1 N–H and O–H groups in total. The highest BCUT2D eigenvalue weighted by Crippen LogP contribution is 2.58. The SMILES string of the molecule is CCCN1C(=O)[C@H]2[C@H](CC=C3[C@H]2C[C@H]2C(=O)N(CCC)C(=O)[C@H]2[C@H]3c2cc(C)c(O)c(C)c2)C1=O. The Kier molecular flexibility index (Phi) is 5.85. The molecule has 0 unspecified atom stereocenters. The van der Waals surface area contributed by atoms with E-state index in [1.165, 1.54) is 9.80 Å². The fourth-order valence-electron chi connectivity index (χ4n) is 7.15. The van der Waals surface area contributed by atoms with Crippen LogP contribution in [0.2, 0.25) is 0 Å². The second kappa shape index (κ2) is 8.61. The van der Waals surface area contributed by atoms with E-state index in [1.54, 1.807) is 0 Å². The summed E-state index contributed by atoms with van der Waals surface area (Å²) in [7, 11) is 0. The number of benzene rings is 1. The van der Waals surface area contributed by atoms with Crippen molar-refractivity contribution in [3.8, 4) is 5.75 Å². The number of hydrogen-bond donors (Lipinski definition) is 1. The number of likely N-dealkylation sites (tertiary alicyclic amines) is 2. The van der Waals surface area contributed by atoms with Crippen molar-refractivity contribution in [2.45, 2.75) is 59.3 Å². The van der Waals surface area contributed by atoms with Crippen LogP contribution in [0.15, 0.2) is 23.8 Å². The first kappa shape index (κ1) is 23.8. The lowest BCUT2D eigenvalue weighted by Gasteiger charge is -2.44. The van der Waals surface area contributed by atoms with Crippen molar-refractivity contribution >= 4 is 23.6 Å². The number of aromatic hydroxyl groups is 1. The van der Waals surface area contributed by atoms with Gasteiger partial charge in [-0.1, -0.05) is 37.6 Å². The van der Waals surface area contributed by atoms with E-state index in [4.69, 9.17) is 0 Å². The van der Waals surface area contributed by atoms with E-state index in [9.17, 15) is 24.3 Å². The molecule has 0 bridgehead atoms. The van der Waals surface area contributed by atoms with Crippen LogP contribution in [-0.4, -0.2) is 51.6 Å². The van der Waals surface area contributed by atoms with Crippen LogP contribution in [0.5, 0.6) is 5.75 Å². The second-order valence-corrected chi connectivity index (χ2v) is 10.7. The van der Waals surface area contributed by atoms with E-state index in [0.717, 1.165) is 22.3 Å². The highest BCUT2D eigenvalue weighted by atomic mass is 16.3. The van der Waals surface area contributed by atoms with Crippen molar-refractivity contribution < 1.29 is 24.3 Å². The summed E-state index contributed by atoms with van der Waals surface area (Å²) in [6.07, 6.45) is 4.38. The molecule has 4 aliphatic rings. The number of amides is 4. The van der Waals surface area contributed by atoms with Crippen molar-refractivity contribution in [3.05, 3.63) is 40.5 Å². The van der Waals surface area contributed by atoms with E-state index in [0.29, 0.717) is 38.8 Å². The monoisotopic (exact) mass is 478 g/mol. The summed E-state index contributed by atoms with van der Waals surface area (Å²) < 4.78 is 0. The molecule has 186 valence electrons. The lowest BCUT2D eigenvalue weighted by molar-refractivity contribution is -0.142. The summed E-state index contributed by atoms with van der Waals surface area (Å²) in [5, 5.41) is 10.4. The van der Waals surface area contributed by atoms with Crippen LogP contribution in [-0.2, 0) is 19.2 Å². The fourth-order valence-corrected chi connectivity index (χ4v) is 7.15. The number of nitrogens with zero attached hydrogens (tertiary/aromatic N) is 2. The molecule has 1 aromatic rings. The molecule has 3 fully saturated rings. The highest BCUT2D eigenvalue weighted by Gasteiger charge is 2.61. The van der Waals surface area contributed by atoms with Gasteiger partial charge in [0.05, 0.1) is 23.7 Å². The molecule has 35 heavy (non-hydrogen) atoms. The van der Waals surface area contributed by atoms with Crippen molar-refractivity contribution in [3.63, 3.8) is 0 Å². The Morgan fingerprint density at radius 2 is 1.34 bits per heavy atom. The highest BCUT2D eigenvalue weighted by molar-refractivity contribution is 6.08. The van der Waals surface area contributed by atoms with Crippen LogP contribution in [0.3, 0.4) is 0 Å². The topological polar surface area (TPSA) is 95.0 Å². The predicted molar refractivity (Wildman–Crippen MR) is 129 cm³/mol. The third kappa shape index (κ3) is 3.38. The summed E-state index contributed by atoms with van der Waals surface area (Å²) in [5.74, 6) is -2.77. The molecule has 4 amide bonds. The van der Waals surface area contributed by atoms with Crippen LogP contribution in [0, 0.1) is 43.4 Å². The van der Waals surface area contributed by atoms with Gasteiger partial charge in [-0.2, -0.15) is 0 Å². The average Bonchev–Trinajstić information content (AvgIpc) is 3.21. The van der Waals surface area contributed by atoms with Crippen LogP contribution in [0.25, 0.3) is 0 Å². The molecule has 7 nitrogen and oxygen atoms in total. The molecule has 6 atom stereocenters. The number of carbonyl (C=O) groups excluding carboxylic acids is 4. The van der Waals surface area contributed by atoms with Gasteiger partial charge in [-0.15, -0.1) is 0 Å². The molecule has 0 radical (unpaired) electrons. The zero-order valence-electron chi connectivity index (χ0n) is 20.9. The Morgan fingerprint density at radius 1 is 0.800 bits per heavy atom. The van der Waals surface area contributed by atoms with Crippen LogP contribution in [0.4, 0.5) is 0 Å².